The molecule has 2 rings (SSSR count). The SMILES string of the molecule is CC(C)(I)CCCC1(C)C2CCC(C)(I)CC21. The van der Waals surface area contributed by atoms with Crippen LogP contribution in [0.2, 0.25) is 0 Å². The van der Waals surface area contributed by atoms with E-state index >= 15 is 0 Å². The molecule has 0 amide bonds. The Kier molecular flexibility index (Phi) is 4.18. The third-order valence-corrected chi connectivity index (χ3v) is 6.70. The third-order valence-electron chi connectivity index (χ3n) is 5.18. The molecule has 17 heavy (non-hydrogen) atoms. The highest BCUT2D eigenvalue weighted by atomic mass is 127. The van der Waals surface area contributed by atoms with E-state index in [-0.39, 0.29) is 0 Å². The van der Waals surface area contributed by atoms with Gasteiger partial charge in [0.2, 0.25) is 0 Å². The largest absolute Gasteiger partial charge is 0.0795 e. The normalized spacial score (nSPS) is 45.5. The Balaban J connectivity index is 1.83. The first-order valence-electron chi connectivity index (χ1n) is 7.02. The van der Waals surface area contributed by atoms with Crippen LogP contribution < -0.4 is 0 Å². The monoisotopic (exact) mass is 460 g/mol. The van der Waals surface area contributed by atoms with E-state index < -0.39 is 0 Å². The summed E-state index contributed by atoms with van der Waals surface area (Å²) in [4.78, 5) is 0. The van der Waals surface area contributed by atoms with E-state index in [0.717, 1.165) is 11.8 Å². The van der Waals surface area contributed by atoms with E-state index in [1.54, 1.807) is 0 Å². The van der Waals surface area contributed by atoms with Gasteiger partial charge in [-0.1, -0.05) is 79.3 Å². The van der Waals surface area contributed by atoms with Gasteiger partial charge in [-0.15, -0.1) is 0 Å². The Bertz CT molecular complexity index is 290. The van der Waals surface area contributed by atoms with Crippen molar-refractivity contribution in [3.8, 4) is 0 Å². The number of fused-ring (bicyclic) bond motifs is 1. The van der Waals surface area contributed by atoms with Crippen molar-refractivity contribution in [1.82, 2.24) is 0 Å². The van der Waals surface area contributed by atoms with Crippen LogP contribution in [0.4, 0.5) is 0 Å². The molecule has 0 spiro atoms. The molecule has 0 aromatic rings. The molecule has 0 aromatic carbocycles. The first-order chi connectivity index (χ1) is 7.64. The van der Waals surface area contributed by atoms with Crippen molar-refractivity contribution in [2.75, 3.05) is 0 Å². The standard InChI is InChI=1S/C15H26I2/c1-13(2,16)7-5-8-15(4)11-6-9-14(3,17)10-12(11)15/h11-12H,5-10H2,1-4H3. The van der Waals surface area contributed by atoms with Crippen molar-refractivity contribution < 1.29 is 0 Å². The van der Waals surface area contributed by atoms with Crippen LogP contribution in [-0.4, -0.2) is 6.84 Å². The first-order valence-corrected chi connectivity index (χ1v) is 9.18. The van der Waals surface area contributed by atoms with Gasteiger partial charge in [-0.2, -0.15) is 0 Å². The summed E-state index contributed by atoms with van der Waals surface area (Å²) in [5.74, 6) is 2.12. The molecular weight excluding hydrogens is 434 g/mol. The lowest BCUT2D eigenvalue weighted by molar-refractivity contribution is 0.404. The van der Waals surface area contributed by atoms with Gasteiger partial charge in [0.05, 0.1) is 0 Å². The van der Waals surface area contributed by atoms with E-state index in [4.69, 9.17) is 0 Å². The predicted molar refractivity (Wildman–Crippen MR) is 93.3 cm³/mol. The van der Waals surface area contributed by atoms with Crippen LogP contribution in [0.5, 0.6) is 0 Å². The van der Waals surface area contributed by atoms with Gasteiger partial charge in [0, 0.05) is 6.84 Å². The van der Waals surface area contributed by atoms with E-state index in [9.17, 15) is 0 Å². The van der Waals surface area contributed by atoms with E-state index in [1.807, 2.05) is 0 Å². The lowest BCUT2D eigenvalue weighted by atomic mass is 9.91. The molecule has 2 aliphatic rings. The summed E-state index contributed by atoms with van der Waals surface area (Å²) in [6, 6.07) is 0. The number of hydrogen-bond donors (Lipinski definition) is 0. The minimum atomic E-state index is 0.492. The molecule has 2 fully saturated rings. The lowest BCUT2D eigenvalue weighted by Crippen LogP contribution is -2.20. The molecule has 0 saturated heterocycles. The van der Waals surface area contributed by atoms with Crippen molar-refractivity contribution in [2.24, 2.45) is 17.3 Å². The summed E-state index contributed by atoms with van der Waals surface area (Å²) in [6.45, 7) is 9.74. The van der Waals surface area contributed by atoms with Crippen LogP contribution in [0, 0.1) is 17.3 Å². The molecule has 0 radical (unpaired) electrons. The smallest absolute Gasteiger partial charge is 0.0197 e. The van der Waals surface area contributed by atoms with E-state index in [2.05, 4.69) is 72.9 Å². The maximum Gasteiger partial charge on any atom is 0.0197 e. The molecule has 4 atom stereocenters. The van der Waals surface area contributed by atoms with Gasteiger partial charge in [-0.05, 0) is 49.4 Å². The first kappa shape index (κ1) is 14.9. The highest BCUT2D eigenvalue weighted by Crippen LogP contribution is 2.70. The molecule has 2 heteroatoms. The quantitative estimate of drug-likeness (QED) is 0.357. The fourth-order valence-electron chi connectivity index (χ4n) is 3.95. The Morgan fingerprint density at radius 3 is 2.41 bits per heavy atom. The Morgan fingerprint density at radius 2 is 1.88 bits per heavy atom. The molecule has 0 aliphatic heterocycles. The minimum absolute atomic E-state index is 0.492. The summed E-state index contributed by atoms with van der Waals surface area (Å²) in [6.07, 6.45) is 8.70. The third kappa shape index (κ3) is 3.51. The van der Waals surface area contributed by atoms with Crippen LogP contribution >= 0.6 is 45.2 Å². The maximum atomic E-state index is 2.70. The van der Waals surface area contributed by atoms with E-state index in [1.165, 1.54) is 38.5 Å². The second-order valence-corrected chi connectivity index (χ2v) is 13.0. The zero-order chi connectivity index (χ0) is 12.9. The molecule has 2 aliphatic carbocycles. The predicted octanol–water partition coefficient (Wildman–Crippen LogP) is 6.00. The zero-order valence-electron chi connectivity index (χ0n) is 11.7. The Hall–Kier alpha value is 1.46. The van der Waals surface area contributed by atoms with Gasteiger partial charge in [0.25, 0.3) is 0 Å². The second-order valence-electron chi connectivity index (χ2n) is 7.45. The molecular formula is C15H26I2. The van der Waals surface area contributed by atoms with Crippen molar-refractivity contribution >= 4 is 45.2 Å². The molecule has 4 unspecified atom stereocenters. The van der Waals surface area contributed by atoms with Gasteiger partial charge in [0.15, 0.2) is 0 Å². The average molecular weight is 460 g/mol. The summed E-state index contributed by atoms with van der Waals surface area (Å²) >= 11 is 5.29. The van der Waals surface area contributed by atoms with Gasteiger partial charge >= 0.3 is 0 Å². The fourth-order valence-corrected chi connectivity index (χ4v) is 5.12. The topological polar surface area (TPSA) is 0 Å². The van der Waals surface area contributed by atoms with Gasteiger partial charge in [-0.3, -0.25) is 0 Å². The van der Waals surface area contributed by atoms with Crippen LogP contribution in [0.25, 0.3) is 0 Å². The highest BCUT2D eigenvalue weighted by molar-refractivity contribution is 14.1. The van der Waals surface area contributed by atoms with Crippen molar-refractivity contribution in [3.05, 3.63) is 0 Å². The Morgan fingerprint density at radius 1 is 1.24 bits per heavy atom. The molecule has 0 aromatic heterocycles. The number of hydrogen-bond acceptors (Lipinski definition) is 0. The molecule has 100 valence electrons. The van der Waals surface area contributed by atoms with Gasteiger partial charge < -0.3 is 0 Å². The van der Waals surface area contributed by atoms with Crippen molar-refractivity contribution in [2.45, 2.75) is 73.1 Å². The molecule has 2 saturated carbocycles. The number of rotatable bonds is 4. The van der Waals surface area contributed by atoms with Crippen LogP contribution in [0.1, 0.15) is 66.2 Å². The molecule has 0 nitrogen and oxygen atoms in total. The molecule has 0 N–H and O–H groups in total. The summed E-state index contributed by atoms with van der Waals surface area (Å²) in [7, 11) is 0. The van der Waals surface area contributed by atoms with Gasteiger partial charge in [0.1, 0.15) is 0 Å². The fraction of sp³-hybridized carbons (Fsp3) is 1.00. The zero-order valence-corrected chi connectivity index (χ0v) is 16.0. The van der Waals surface area contributed by atoms with Crippen LogP contribution in [0.15, 0.2) is 0 Å². The van der Waals surface area contributed by atoms with Crippen LogP contribution in [-0.2, 0) is 0 Å². The summed E-state index contributed by atoms with van der Waals surface area (Å²) in [5.41, 5.74) is 0.713. The number of halogens is 2. The second kappa shape index (κ2) is 4.78. The van der Waals surface area contributed by atoms with Crippen molar-refractivity contribution in [1.29, 1.82) is 0 Å². The number of alkyl halides is 2. The Labute approximate surface area is 134 Å². The molecule has 0 heterocycles. The average Bonchev–Trinajstić information content (AvgIpc) is 2.66. The van der Waals surface area contributed by atoms with Crippen molar-refractivity contribution in [3.63, 3.8) is 0 Å². The highest BCUT2D eigenvalue weighted by Gasteiger charge is 2.62. The van der Waals surface area contributed by atoms with Gasteiger partial charge in [-0.25, -0.2) is 0 Å². The summed E-state index contributed by atoms with van der Waals surface area (Å²) in [5, 5.41) is 0. The lowest BCUT2D eigenvalue weighted by Gasteiger charge is -2.26. The summed E-state index contributed by atoms with van der Waals surface area (Å²) < 4.78 is 1.09. The minimum Gasteiger partial charge on any atom is -0.0795 e. The molecule has 0 bridgehead atoms. The van der Waals surface area contributed by atoms with E-state index in [0.29, 0.717) is 12.3 Å². The maximum absolute atomic E-state index is 2.70. The van der Waals surface area contributed by atoms with Crippen LogP contribution in [0.3, 0.4) is 0 Å².